The van der Waals surface area contributed by atoms with Gasteiger partial charge in [0.05, 0.1) is 11.1 Å². The van der Waals surface area contributed by atoms with Crippen molar-refractivity contribution in [1.29, 1.82) is 0 Å². The Morgan fingerprint density at radius 3 is 2.67 bits per heavy atom. The highest BCUT2D eigenvalue weighted by Gasteiger charge is 2.14. The Morgan fingerprint density at radius 2 is 1.81 bits per heavy atom. The minimum atomic E-state index is -0.629. The zero-order chi connectivity index (χ0) is 14.8. The Labute approximate surface area is 131 Å². The van der Waals surface area contributed by atoms with Crippen molar-refractivity contribution >= 4 is 33.0 Å². The third-order valence-corrected chi connectivity index (χ3v) is 4.81. The van der Waals surface area contributed by atoms with Crippen molar-refractivity contribution < 1.29 is 9.50 Å². The van der Waals surface area contributed by atoms with Gasteiger partial charge < -0.3 is 5.11 Å². The smallest absolute Gasteiger partial charge is 0.145 e. The zero-order valence-electron chi connectivity index (χ0n) is 11.2. The zero-order valence-corrected chi connectivity index (χ0v) is 12.8. The van der Waals surface area contributed by atoms with Gasteiger partial charge in [-0.1, -0.05) is 41.9 Å². The van der Waals surface area contributed by atoms with E-state index in [1.807, 2.05) is 18.2 Å². The average Bonchev–Trinajstić information content (AvgIpc) is 2.87. The second-order valence-electron chi connectivity index (χ2n) is 5.03. The number of rotatable bonds is 4. The molecule has 1 atom stereocenters. The number of benzene rings is 2. The molecule has 0 saturated carbocycles. The van der Waals surface area contributed by atoms with Gasteiger partial charge in [0.25, 0.3) is 0 Å². The van der Waals surface area contributed by atoms with Crippen LogP contribution in [0.5, 0.6) is 0 Å². The predicted molar refractivity (Wildman–Crippen MR) is 86.6 cm³/mol. The fourth-order valence-electron chi connectivity index (χ4n) is 2.48. The lowest BCUT2D eigenvalue weighted by Gasteiger charge is -2.11. The molecule has 0 radical (unpaired) electrons. The van der Waals surface area contributed by atoms with Crippen LogP contribution >= 0.6 is 22.9 Å². The first-order valence-electron chi connectivity index (χ1n) is 6.71. The fourth-order valence-corrected chi connectivity index (χ4v) is 3.65. The Hall–Kier alpha value is -1.42. The molecular formula is C17H14ClFOS. The summed E-state index contributed by atoms with van der Waals surface area (Å²) < 4.78 is 15.1. The first-order chi connectivity index (χ1) is 10.1. The summed E-state index contributed by atoms with van der Waals surface area (Å²) in [7, 11) is 0. The van der Waals surface area contributed by atoms with Crippen LogP contribution in [-0.2, 0) is 12.8 Å². The fraction of sp³-hybridized carbons (Fsp3) is 0.176. The van der Waals surface area contributed by atoms with E-state index in [1.54, 1.807) is 23.5 Å². The molecule has 0 spiro atoms. The van der Waals surface area contributed by atoms with E-state index in [2.05, 4.69) is 11.4 Å². The number of hydrogen-bond donors (Lipinski definition) is 1. The molecule has 108 valence electrons. The van der Waals surface area contributed by atoms with Crippen molar-refractivity contribution in [2.24, 2.45) is 0 Å². The van der Waals surface area contributed by atoms with Gasteiger partial charge in [-0.15, -0.1) is 11.3 Å². The molecule has 1 N–H and O–H groups in total. The molecule has 21 heavy (non-hydrogen) atoms. The minimum absolute atomic E-state index is 0.0979. The van der Waals surface area contributed by atoms with Crippen molar-refractivity contribution in [1.82, 2.24) is 0 Å². The molecule has 0 saturated heterocycles. The largest absolute Gasteiger partial charge is 0.392 e. The molecule has 1 nitrogen and oxygen atoms in total. The van der Waals surface area contributed by atoms with Crippen LogP contribution < -0.4 is 0 Å². The normalized spacial score (nSPS) is 12.7. The highest BCUT2D eigenvalue weighted by molar-refractivity contribution is 7.17. The van der Waals surface area contributed by atoms with Crippen LogP contribution in [0.25, 0.3) is 10.1 Å². The van der Waals surface area contributed by atoms with E-state index in [4.69, 9.17) is 11.6 Å². The van der Waals surface area contributed by atoms with Gasteiger partial charge in [-0.3, -0.25) is 0 Å². The molecule has 3 aromatic rings. The van der Waals surface area contributed by atoms with Crippen LogP contribution in [0.4, 0.5) is 4.39 Å². The summed E-state index contributed by atoms with van der Waals surface area (Å²) in [6.45, 7) is 0. The topological polar surface area (TPSA) is 20.2 Å². The van der Waals surface area contributed by atoms with E-state index in [1.165, 1.54) is 10.8 Å². The highest BCUT2D eigenvalue weighted by atomic mass is 35.5. The Kier molecular flexibility index (Phi) is 4.24. The molecule has 0 aliphatic carbocycles. The molecular weight excluding hydrogens is 307 g/mol. The summed E-state index contributed by atoms with van der Waals surface area (Å²) in [4.78, 5) is 0. The van der Waals surface area contributed by atoms with Crippen LogP contribution in [0.15, 0.2) is 47.8 Å². The maximum atomic E-state index is 13.9. The van der Waals surface area contributed by atoms with E-state index in [-0.39, 0.29) is 11.4 Å². The van der Waals surface area contributed by atoms with Gasteiger partial charge in [-0.05, 0) is 34.0 Å². The molecule has 0 aliphatic rings. The molecule has 0 fully saturated rings. The van der Waals surface area contributed by atoms with Crippen molar-refractivity contribution in [3.63, 3.8) is 0 Å². The molecule has 0 bridgehead atoms. The predicted octanol–water partition coefficient (Wildman–Crippen LogP) is 4.84. The van der Waals surface area contributed by atoms with Gasteiger partial charge in [-0.2, -0.15) is 0 Å². The number of aliphatic hydroxyl groups excluding tert-OH is 1. The van der Waals surface area contributed by atoms with Crippen LogP contribution in [0.3, 0.4) is 0 Å². The molecule has 4 heteroatoms. The molecule has 0 amide bonds. The monoisotopic (exact) mass is 320 g/mol. The molecule has 1 unspecified atom stereocenters. The number of hydrogen-bond acceptors (Lipinski definition) is 2. The average molecular weight is 321 g/mol. The van der Waals surface area contributed by atoms with Crippen molar-refractivity contribution in [3.05, 3.63) is 69.8 Å². The Morgan fingerprint density at radius 1 is 1.05 bits per heavy atom. The Bertz CT molecular complexity index is 768. The van der Waals surface area contributed by atoms with Gasteiger partial charge in [0.15, 0.2) is 0 Å². The first kappa shape index (κ1) is 14.5. The summed E-state index contributed by atoms with van der Waals surface area (Å²) in [6.07, 6.45) is 0.142. The third kappa shape index (κ3) is 3.10. The summed E-state index contributed by atoms with van der Waals surface area (Å²) in [6, 6.07) is 13.0. The van der Waals surface area contributed by atoms with Crippen molar-refractivity contribution in [2.75, 3.05) is 0 Å². The lowest BCUT2D eigenvalue weighted by molar-refractivity contribution is 0.174. The lowest BCUT2D eigenvalue weighted by Crippen LogP contribution is -2.14. The number of fused-ring (bicyclic) bond motifs is 1. The third-order valence-electron chi connectivity index (χ3n) is 3.50. The molecule has 1 heterocycles. The van der Waals surface area contributed by atoms with Gasteiger partial charge in [0, 0.05) is 17.5 Å². The van der Waals surface area contributed by atoms with E-state index in [9.17, 15) is 9.50 Å². The second-order valence-corrected chi connectivity index (χ2v) is 6.35. The van der Waals surface area contributed by atoms with E-state index in [0.29, 0.717) is 12.0 Å². The van der Waals surface area contributed by atoms with Crippen molar-refractivity contribution in [3.8, 4) is 0 Å². The first-order valence-corrected chi connectivity index (χ1v) is 7.97. The van der Waals surface area contributed by atoms with E-state index < -0.39 is 11.9 Å². The van der Waals surface area contributed by atoms with Gasteiger partial charge in [0.1, 0.15) is 5.82 Å². The van der Waals surface area contributed by atoms with Gasteiger partial charge in [-0.25, -0.2) is 4.39 Å². The SMILES string of the molecule is OC(Cc1cccc(Cl)c1F)Cc1csc2ccccc12. The summed E-state index contributed by atoms with van der Waals surface area (Å²) in [5.74, 6) is -0.437. The van der Waals surface area contributed by atoms with E-state index in [0.717, 1.165) is 10.9 Å². The molecule has 3 rings (SSSR count). The van der Waals surface area contributed by atoms with Gasteiger partial charge in [0.2, 0.25) is 0 Å². The summed E-state index contributed by atoms with van der Waals surface area (Å²) in [5.41, 5.74) is 1.56. The number of aliphatic hydroxyl groups is 1. The second kappa shape index (κ2) is 6.14. The maximum absolute atomic E-state index is 13.9. The molecule has 2 aromatic carbocycles. The Balaban J connectivity index is 1.77. The van der Waals surface area contributed by atoms with Crippen LogP contribution in [-0.4, -0.2) is 11.2 Å². The van der Waals surface area contributed by atoms with Crippen molar-refractivity contribution in [2.45, 2.75) is 18.9 Å². The quantitative estimate of drug-likeness (QED) is 0.729. The number of thiophene rings is 1. The highest BCUT2D eigenvalue weighted by Crippen LogP contribution is 2.27. The lowest BCUT2D eigenvalue weighted by atomic mass is 10.0. The molecule has 1 aromatic heterocycles. The van der Waals surface area contributed by atoms with Crippen LogP contribution in [0.1, 0.15) is 11.1 Å². The number of halogens is 2. The standard InChI is InChI=1S/C17H14ClFOS/c18-15-6-3-4-11(17(15)19)8-13(20)9-12-10-21-16-7-2-1-5-14(12)16/h1-7,10,13,20H,8-9H2. The summed E-state index contributed by atoms with van der Waals surface area (Å²) >= 11 is 7.42. The minimum Gasteiger partial charge on any atom is -0.392 e. The van der Waals surface area contributed by atoms with Crippen LogP contribution in [0, 0.1) is 5.82 Å². The summed E-state index contributed by atoms with van der Waals surface area (Å²) in [5, 5.41) is 13.6. The van der Waals surface area contributed by atoms with Crippen LogP contribution in [0.2, 0.25) is 5.02 Å². The molecule has 0 aliphatic heterocycles. The van der Waals surface area contributed by atoms with Gasteiger partial charge >= 0.3 is 0 Å². The van der Waals surface area contributed by atoms with E-state index >= 15 is 0 Å². The maximum Gasteiger partial charge on any atom is 0.145 e.